The summed E-state index contributed by atoms with van der Waals surface area (Å²) in [7, 11) is 1.61. The van der Waals surface area contributed by atoms with Gasteiger partial charge in [-0.3, -0.25) is 9.59 Å². The molecule has 33 heavy (non-hydrogen) atoms. The zero-order valence-electron chi connectivity index (χ0n) is 18.9. The normalized spacial score (nSPS) is 10.8. The molecule has 1 N–H and O–H groups in total. The highest BCUT2D eigenvalue weighted by molar-refractivity contribution is 5.99. The molecule has 4 rings (SSSR count). The topological polar surface area (TPSA) is 75.9 Å². The van der Waals surface area contributed by atoms with Crippen LogP contribution in [0.5, 0.6) is 5.75 Å². The predicted octanol–water partition coefficient (Wildman–Crippen LogP) is 4.24. The van der Waals surface area contributed by atoms with Gasteiger partial charge in [0.15, 0.2) is 0 Å². The molecule has 0 atom stereocenters. The van der Waals surface area contributed by atoms with E-state index in [0.717, 1.165) is 28.2 Å². The van der Waals surface area contributed by atoms with Crippen LogP contribution in [0.15, 0.2) is 73.1 Å². The molecule has 2 amide bonds. The summed E-state index contributed by atoms with van der Waals surface area (Å²) in [6.07, 6.45) is 3.84. The molecule has 0 saturated carbocycles. The molecule has 4 aromatic rings. The summed E-state index contributed by atoms with van der Waals surface area (Å²) in [6, 6.07) is 18.5. The number of aryl methyl sites for hydroxylation is 1. The Balaban J connectivity index is 1.37. The lowest BCUT2D eigenvalue weighted by Gasteiger charge is -2.18. The van der Waals surface area contributed by atoms with Crippen LogP contribution in [0.4, 0.5) is 5.69 Å². The Hall–Kier alpha value is -4.13. The number of carbonyl (C=O) groups is 2. The number of likely N-dealkylation sites (N-methyl/N-ethyl adjacent to an activating group) is 1. The Labute approximate surface area is 192 Å². The third-order valence-corrected chi connectivity index (χ3v) is 5.49. The Morgan fingerprint density at radius 2 is 1.88 bits per heavy atom. The summed E-state index contributed by atoms with van der Waals surface area (Å²) < 4.78 is 7.78. The van der Waals surface area contributed by atoms with Crippen LogP contribution in [-0.4, -0.2) is 39.7 Å². The van der Waals surface area contributed by atoms with Gasteiger partial charge in [-0.1, -0.05) is 24.3 Å². The molecule has 0 aliphatic heterocycles. The maximum atomic E-state index is 12.9. The molecule has 0 saturated heterocycles. The van der Waals surface area contributed by atoms with E-state index in [1.165, 1.54) is 4.90 Å². The van der Waals surface area contributed by atoms with Crippen molar-refractivity contribution in [3.05, 3.63) is 95.4 Å². The van der Waals surface area contributed by atoms with Crippen LogP contribution in [-0.2, 0) is 11.4 Å². The molecule has 0 bridgehead atoms. The third kappa shape index (κ3) is 5.20. The van der Waals surface area contributed by atoms with Gasteiger partial charge in [-0.15, -0.1) is 0 Å². The first kappa shape index (κ1) is 22.1. The molecule has 0 aliphatic rings. The second kappa shape index (κ2) is 9.56. The van der Waals surface area contributed by atoms with Crippen LogP contribution in [0.3, 0.4) is 0 Å². The average Bonchev–Trinajstić information content (AvgIpc) is 3.23. The van der Waals surface area contributed by atoms with Crippen LogP contribution >= 0.6 is 0 Å². The van der Waals surface area contributed by atoms with Crippen molar-refractivity contribution < 1.29 is 14.3 Å². The lowest BCUT2D eigenvalue weighted by molar-refractivity contribution is -0.116. The molecule has 7 heteroatoms. The number of aromatic nitrogens is 2. The number of fused-ring (bicyclic) bond motifs is 1. The molecule has 0 radical (unpaired) electrons. The van der Waals surface area contributed by atoms with Crippen molar-refractivity contribution >= 4 is 23.1 Å². The molecule has 2 aromatic carbocycles. The van der Waals surface area contributed by atoms with Gasteiger partial charge in [0.2, 0.25) is 5.91 Å². The molecule has 0 spiro atoms. The minimum absolute atomic E-state index is 0.0570. The van der Waals surface area contributed by atoms with E-state index in [1.807, 2.05) is 67.0 Å². The number of rotatable bonds is 7. The van der Waals surface area contributed by atoms with Crippen molar-refractivity contribution in [3.63, 3.8) is 0 Å². The Bertz CT molecular complexity index is 1280. The summed E-state index contributed by atoms with van der Waals surface area (Å²) in [5.41, 5.74) is 4.94. The lowest BCUT2D eigenvalue weighted by Crippen LogP contribution is -2.35. The van der Waals surface area contributed by atoms with Gasteiger partial charge >= 0.3 is 0 Å². The zero-order valence-corrected chi connectivity index (χ0v) is 18.9. The number of carbonyl (C=O) groups excluding carboxylic acids is 2. The summed E-state index contributed by atoms with van der Waals surface area (Å²) in [5, 5.41) is 2.88. The molecule has 2 heterocycles. The summed E-state index contributed by atoms with van der Waals surface area (Å²) >= 11 is 0. The number of nitrogens with one attached hydrogen (secondary N) is 1. The van der Waals surface area contributed by atoms with Crippen LogP contribution in [0, 0.1) is 13.8 Å². The fraction of sp³-hybridized carbons (Fsp3) is 0.192. The molecule has 0 unspecified atom stereocenters. The molecular formula is C26H26N4O3. The second-order valence-electron chi connectivity index (χ2n) is 7.97. The van der Waals surface area contributed by atoms with Gasteiger partial charge in [-0.2, -0.15) is 0 Å². The van der Waals surface area contributed by atoms with E-state index in [0.29, 0.717) is 11.3 Å². The predicted molar refractivity (Wildman–Crippen MR) is 127 cm³/mol. The first-order chi connectivity index (χ1) is 15.9. The van der Waals surface area contributed by atoms with Gasteiger partial charge in [0, 0.05) is 30.7 Å². The number of pyridine rings is 1. The van der Waals surface area contributed by atoms with Crippen LogP contribution < -0.4 is 10.1 Å². The van der Waals surface area contributed by atoms with E-state index in [9.17, 15) is 9.59 Å². The van der Waals surface area contributed by atoms with Crippen LogP contribution in [0.1, 0.15) is 27.2 Å². The first-order valence-corrected chi connectivity index (χ1v) is 10.7. The maximum absolute atomic E-state index is 12.9. The highest BCUT2D eigenvalue weighted by atomic mass is 16.5. The standard InChI is InChI=1S/C26H26N4O3/c1-18-8-6-11-23(19(18)2)28-25(31)16-29(3)26(32)20-9-7-10-22(14-20)33-17-21-15-30-13-5-4-12-24(30)27-21/h4-15H,16-17H2,1-3H3,(H,28,31). The number of nitrogens with zero attached hydrogens (tertiary/aromatic N) is 3. The minimum atomic E-state index is -0.260. The second-order valence-corrected chi connectivity index (χ2v) is 7.97. The van der Waals surface area contributed by atoms with Crippen molar-refractivity contribution in [2.24, 2.45) is 0 Å². The highest BCUT2D eigenvalue weighted by Gasteiger charge is 2.16. The number of anilines is 1. The number of benzene rings is 2. The fourth-order valence-electron chi connectivity index (χ4n) is 3.52. The molecule has 168 valence electrons. The first-order valence-electron chi connectivity index (χ1n) is 10.7. The number of hydrogen-bond acceptors (Lipinski definition) is 4. The van der Waals surface area contributed by atoms with E-state index >= 15 is 0 Å². The van der Waals surface area contributed by atoms with Gasteiger partial charge in [0.25, 0.3) is 5.91 Å². The molecule has 2 aromatic heterocycles. The smallest absolute Gasteiger partial charge is 0.254 e. The maximum Gasteiger partial charge on any atom is 0.254 e. The minimum Gasteiger partial charge on any atom is -0.487 e. The number of hydrogen-bond donors (Lipinski definition) is 1. The summed E-state index contributed by atoms with van der Waals surface area (Å²) in [4.78, 5) is 31.3. The van der Waals surface area contributed by atoms with Crippen molar-refractivity contribution in [2.45, 2.75) is 20.5 Å². The van der Waals surface area contributed by atoms with E-state index in [-0.39, 0.29) is 25.0 Å². The van der Waals surface area contributed by atoms with Crippen molar-refractivity contribution in [1.29, 1.82) is 0 Å². The summed E-state index contributed by atoms with van der Waals surface area (Å²) in [6.45, 7) is 4.17. The van der Waals surface area contributed by atoms with Crippen molar-refractivity contribution in [1.82, 2.24) is 14.3 Å². The summed E-state index contributed by atoms with van der Waals surface area (Å²) in [5.74, 6) is 0.0502. The van der Waals surface area contributed by atoms with E-state index < -0.39 is 0 Å². The molecule has 7 nitrogen and oxygen atoms in total. The van der Waals surface area contributed by atoms with Crippen LogP contribution in [0.2, 0.25) is 0 Å². The fourth-order valence-corrected chi connectivity index (χ4v) is 3.52. The number of imidazole rings is 1. The molecular weight excluding hydrogens is 416 g/mol. The van der Waals surface area contributed by atoms with Crippen molar-refractivity contribution in [3.8, 4) is 5.75 Å². The number of amides is 2. The SMILES string of the molecule is Cc1cccc(NC(=O)CN(C)C(=O)c2cccc(OCc3cn4ccccc4n3)c2)c1C. The third-order valence-electron chi connectivity index (χ3n) is 5.49. The number of ether oxygens (including phenoxy) is 1. The van der Waals surface area contributed by atoms with Gasteiger partial charge in [-0.25, -0.2) is 4.98 Å². The molecule has 0 aliphatic carbocycles. The quantitative estimate of drug-likeness (QED) is 0.465. The Morgan fingerprint density at radius 3 is 2.70 bits per heavy atom. The molecule has 0 fully saturated rings. The van der Waals surface area contributed by atoms with E-state index in [2.05, 4.69) is 10.3 Å². The lowest BCUT2D eigenvalue weighted by atomic mass is 10.1. The van der Waals surface area contributed by atoms with Gasteiger partial charge in [-0.05, 0) is 61.4 Å². The monoisotopic (exact) mass is 442 g/mol. The average molecular weight is 443 g/mol. The van der Waals surface area contributed by atoms with Gasteiger partial charge in [0.1, 0.15) is 18.0 Å². The van der Waals surface area contributed by atoms with Gasteiger partial charge in [0.05, 0.1) is 12.2 Å². The Kier molecular flexibility index (Phi) is 6.40. The van der Waals surface area contributed by atoms with E-state index in [4.69, 9.17) is 4.74 Å². The van der Waals surface area contributed by atoms with Crippen LogP contribution in [0.25, 0.3) is 5.65 Å². The zero-order chi connectivity index (χ0) is 23.4. The van der Waals surface area contributed by atoms with Crippen molar-refractivity contribution in [2.75, 3.05) is 18.9 Å². The van der Waals surface area contributed by atoms with Gasteiger partial charge < -0.3 is 19.4 Å². The van der Waals surface area contributed by atoms with E-state index in [1.54, 1.807) is 31.3 Å². The largest absolute Gasteiger partial charge is 0.487 e. The highest BCUT2D eigenvalue weighted by Crippen LogP contribution is 2.19. The Morgan fingerprint density at radius 1 is 1.06 bits per heavy atom.